The number of carbonyl (C=O) groups is 1. The van der Waals surface area contributed by atoms with E-state index < -0.39 is 12.1 Å². The molecule has 0 bridgehead atoms. The molecule has 0 saturated carbocycles. The molecule has 0 radical (unpaired) electrons. The molecular weight excluding hydrogens is 417 g/mol. The normalized spacial score (nSPS) is 24.2. The molecule has 0 aliphatic carbocycles. The molecule has 2 aliphatic heterocycles. The van der Waals surface area contributed by atoms with Crippen LogP contribution in [0.4, 0.5) is 14.9 Å². The molecule has 1 unspecified atom stereocenters. The third-order valence-electron chi connectivity index (χ3n) is 6.39. The molecule has 5 nitrogen and oxygen atoms in total. The Balaban J connectivity index is 1.59. The van der Waals surface area contributed by atoms with Gasteiger partial charge in [0.25, 0.3) is 0 Å². The number of halogens is 2. The van der Waals surface area contributed by atoms with E-state index in [4.69, 9.17) is 16.3 Å². The van der Waals surface area contributed by atoms with Gasteiger partial charge in [0.1, 0.15) is 18.0 Å². The Bertz CT molecular complexity index is 906. The number of likely N-dealkylation sites (tertiary alicyclic amines) is 1. The highest BCUT2D eigenvalue weighted by Crippen LogP contribution is 2.38. The van der Waals surface area contributed by atoms with Gasteiger partial charge in [-0.2, -0.15) is 0 Å². The van der Waals surface area contributed by atoms with E-state index in [-0.39, 0.29) is 11.9 Å². The van der Waals surface area contributed by atoms with Crippen molar-refractivity contribution in [3.63, 3.8) is 0 Å². The molecule has 2 aromatic carbocycles. The Kier molecular flexibility index (Phi) is 6.80. The first-order valence-electron chi connectivity index (χ1n) is 11.0. The van der Waals surface area contributed by atoms with E-state index >= 15 is 0 Å². The molecule has 7 heteroatoms. The van der Waals surface area contributed by atoms with Crippen molar-refractivity contribution in [2.75, 3.05) is 37.6 Å². The van der Waals surface area contributed by atoms with E-state index in [9.17, 15) is 9.18 Å². The summed E-state index contributed by atoms with van der Waals surface area (Å²) in [6, 6.07) is 13.6. The fourth-order valence-corrected chi connectivity index (χ4v) is 4.99. The lowest BCUT2D eigenvalue weighted by Crippen LogP contribution is -2.40. The summed E-state index contributed by atoms with van der Waals surface area (Å²) in [4.78, 5) is 19.4. The summed E-state index contributed by atoms with van der Waals surface area (Å²) in [5.74, 6) is -0.325. The van der Waals surface area contributed by atoms with Crippen LogP contribution in [0.15, 0.2) is 48.5 Å². The van der Waals surface area contributed by atoms with Crippen molar-refractivity contribution in [3.8, 4) is 0 Å². The van der Waals surface area contributed by atoms with Crippen LogP contribution in [0.1, 0.15) is 31.9 Å². The van der Waals surface area contributed by atoms with E-state index in [0.717, 1.165) is 38.2 Å². The second-order valence-corrected chi connectivity index (χ2v) is 8.63. The lowest BCUT2D eigenvalue weighted by atomic mass is 9.99. The first-order valence-corrected chi connectivity index (χ1v) is 11.3. The summed E-state index contributed by atoms with van der Waals surface area (Å²) in [5.41, 5.74) is 1.42. The van der Waals surface area contributed by atoms with Crippen LogP contribution in [0.25, 0.3) is 0 Å². The first-order chi connectivity index (χ1) is 15.0. The third-order valence-corrected chi connectivity index (χ3v) is 6.64. The van der Waals surface area contributed by atoms with Crippen LogP contribution < -0.4 is 4.90 Å². The van der Waals surface area contributed by atoms with Gasteiger partial charge in [0.15, 0.2) is 0 Å². The summed E-state index contributed by atoms with van der Waals surface area (Å²) >= 11 is 6.04. The number of carbonyl (C=O) groups excluding carboxylic acids is 1. The minimum Gasteiger partial charge on any atom is -0.442 e. The number of amides is 1. The highest BCUT2D eigenvalue weighted by atomic mass is 35.5. The van der Waals surface area contributed by atoms with Crippen molar-refractivity contribution in [1.29, 1.82) is 0 Å². The van der Waals surface area contributed by atoms with E-state index in [1.54, 1.807) is 35.2 Å². The van der Waals surface area contributed by atoms with Gasteiger partial charge in [0, 0.05) is 29.8 Å². The smallest absolute Gasteiger partial charge is 0.415 e. The van der Waals surface area contributed by atoms with Crippen LogP contribution in [0.5, 0.6) is 0 Å². The SMILES string of the molecule is CCN(CC)C1CCN(C[C@@H]2OC(=O)N(c3ccc(Cl)cc3)[C@H]2c2cccc(F)c2)C1. The van der Waals surface area contributed by atoms with Crippen molar-refractivity contribution < 1.29 is 13.9 Å². The quantitative estimate of drug-likeness (QED) is 0.603. The summed E-state index contributed by atoms with van der Waals surface area (Å²) in [6.45, 7) is 8.98. The summed E-state index contributed by atoms with van der Waals surface area (Å²) in [7, 11) is 0. The molecule has 0 aromatic heterocycles. The van der Waals surface area contributed by atoms with Crippen LogP contribution in [-0.4, -0.2) is 60.8 Å². The first kappa shape index (κ1) is 22.1. The highest BCUT2D eigenvalue weighted by Gasteiger charge is 2.45. The molecule has 2 heterocycles. The Morgan fingerprint density at radius 1 is 1.16 bits per heavy atom. The maximum Gasteiger partial charge on any atom is 0.415 e. The predicted molar refractivity (Wildman–Crippen MR) is 121 cm³/mol. The number of benzene rings is 2. The van der Waals surface area contributed by atoms with Gasteiger partial charge in [-0.1, -0.05) is 37.6 Å². The van der Waals surface area contributed by atoms with Gasteiger partial charge in [-0.3, -0.25) is 14.7 Å². The van der Waals surface area contributed by atoms with Crippen molar-refractivity contribution in [2.45, 2.75) is 38.5 Å². The lowest BCUT2D eigenvalue weighted by molar-refractivity contribution is 0.101. The Labute approximate surface area is 188 Å². The standard InChI is InChI=1S/C24H29ClFN3O2/c1-3-28(4-2)21-12-13-27(15-21)16-22-23(17-6-5-7-19(26)14-17)29(24(30)31-22)20-10-8-18(25)9-11-20/h5-11,14,21-23H,3-4,12-13,15-16H2,1-2H3/t21?,22-,23-/m0/s1. The number of likely N-dealkylation sites (N-methyl/N-ethyl adjacent to an activating group) is 1. The maximum atomic E-state index is 14.1. The zero-order valence-corrected chi connectivity index (χ0v) is 18.8. The largest absolute Gasteiger partial charge is 0.442 e. The predicted octanol–water partition coefficient (Wildman–Crippen LogP) is 4.96. The van der Waals surface area contributed by atoms with Crippen LogP contribution in [-0.2, 0) is 4.74 Å². The molecule has 0 spiro atoms. The fourth-order valence-electron chi connectivity index (χ4n) is 4.86. The van der Waals surface area contributed by atoms with Gasteiger partial charge >= 0.3 is 6.09 Å². The van der Waals surface area contributed by atoms with Crippen molar-refractivity contribution >= 4 is 23.4 Å². The average molecular weight is 446 g/mol. The maximum absolute atomic E-state index is 14.1. The van der Waals surface area contributed by atoms with E-state index in [1.165, 1.54) is 12.1 Å². The molecule has 2 aliphatic rings. The number of anilines is 1. The minimum atomic E-state index is -0.416. The number of hydrogen-bond acceptors (Lipinski definition) is 4. The molecule has 4 rings (SSSR count). The van der Waals surface area contributed by atoms with Gasteiger partial charge < -0.3 is 4.74 Å². The zero-order valence-electron chi connectivity index (χ0n) is 18.0. The topological polar surface area (TPSA) is 36.0 Å². The van der Waals surface area contributed by atoms with Crippen LogP contribution in [0.3, 0.4) is 0 Å². The van der Waals surface area contributed by atoms with Gasteiger partial charge in [-0.25, -0.2) is 9.18 Å². The number of nitrogens with zero attached hydrogens (tertiary/aromatic N) is 3. The monoisotopic (exact) mass is 445 g/mol. The van der Waals surface area contributed by atoms with Crippen LogP contribution in [0, 0.1) is 5.82 Å². The Morgan fingerprint density at radius 3 is 2.58 bits per heavy atom. The van der Waals surface area contributed by atoms with E-state index in [1.807, 2.05) is 6.07 Å². The van der Waals surface area contributed by atoms with Gasteiger partial charge in [0.2, 0.25) is 0 Å². The molecule has 1 amide bonds. The summed E-state index contributed by atoms with van der Waals surface area (Å²) < 4.78 is 19.9. The van der Waals surface area contributed by atoms with Gasteiger partial charge in [-0.05, 0) is 68.0 Å². The van der Waals surface area contributed by atoms with Crippen molar-refractivity contribution in [3.05, 3.63) is 64.9 Å². The molecule has 2 aromatic rings. The minimum absolute atomic E-state index is 0.325. The summed E-state index contributed by atoms with van der Waals surface area (Å²) in [6.07, 6.45) is 0.301. The average Bonchev–Trinajstić information content (AvgIpc) is 3.34. The van der Waals surface area contributed by atoms with Crippen molar-refractivity contribution in [1.82, 2.24) is 9.80 Å². The lowest BCUT2D eigenvalue weighted by Gasteiger charge is -2.29. The van der Waals surface area contributed by atoms with E-state index in [2.05, 4.69) is 23.6 Å². The molecular formula is C24H29ClFN3O2. The highest BCUT2D eigenvalue weighted by molar-refractivity contribution is 6.30. The number of hydrogen-bond donors (Lipinski definition) is 0. The van der Waals surface area contributed by atoms with Gasteiger partial charge in [-0.15, -0.1) is 0 Å². The van der Waals surface area contributed by atoms with Gasteiger partial charge in [0.05, 0.1) is 0 Å². The van der Waals surface area contributed by atoms with Crippen LogP contribution >= 0.6 is 11.6 Å². The number of ether oxygens (including phenoxy) is 1. The fraction of sp³-hybridized carbons (Fsp3) is 0.458. The second-order valence-electron chi connectivity index (χ2n) is 8.19. The molecule has 0 N–H and O–H groups in total. The Hall–Kier alpha value is -2.15. The number of rotatable bonds is 7. The Morgan fingerprint density at radius 2 is 1.90 bits per heavy atom. The molecule has 166 valence electrons. The molecule has 2 saturated heterocycles. The number of cyclic esters (lactones) is 1. The third kappa shape index (κ3) is 4.71. The molecule has 31 heavy (non-hydrogen) atoms. The van der Waals surface area contributed by atoms with Crippen LogP contribution in [0.2, 0.25) is 5.02 Å². The molecule has 3 atom stereocenters. The molecule has 2 fully saturated rings. The summed E-state index contributed by atoms with van der Waals surface area (Å²) in [5, 5.41) is 0.592. The van der Waals surface area contributed by atoms with E-state index in [0.29, 0.717) is 23.3 Å². The van der Waals surface area contributed by atoms with Crippen molar-refractivity contribution in [2.24, 2.45) is 0 Å². The zero-order chi connectivity index (χ0) is 22.0. The second kappa shape index (κ2) is 9.55.